The van der Waals surface area contributed by atoms with Crippen LogP contribution in [0.3, 0.4) is 0 Å². The average Bonchev–Trinajstić information content (AvgIpc) is 3.04. The van der Waals surface area contributed by atoms with Gasteiger partial charge in [0.2, 0.25) is 0 Å². The first-order valence-electron chi connectivity index (χ1n) is 8.58. The zero-order chi connectivity index (χ0) is 15.6. The Kier molecular flexibility index (Phi) is 3.85. The normalized spacial score (nSPS) is 20.5. The highest BCUT2D eigenvalue weighted by Gasteiger charge is 2.26. The van der Waals surface area contributed by atoms with E-state index >= 15 is 0 Å². The minimum absolute atomic E-state index is 0.0484. The third-order valence-corrected chi connectivity index (χ3v) is 5.03. The lowest BCUT2D eigenvalue weighted by molar-refractivity contribution is 0.473. The fourth-order valence-corrected chi connectivity index (χ4v) is 3.83. The molecule has 0 saturated carbocycles. The monoisotopic (exact) mass is 310 g/mol. The largest absolute Gasteiger partial charge is 0.367 e. The van der Waals surface area contributed by atoms with Crippen LogP contribution in [0.25, 0.3) is 0 Å². The highest BCUT2D eigenvalue weighted by atomic mass is 16.1. The summed E-state index contributed by atoms with van der Waals surface area (Å²) in [4.78, 5) is 18.9. The van der Waals surface area contributed by atoms with Crippen LogP contribution in [0.1, 0.15) is 36.9 Å². The Balaban J connectivity index is 1.59. The molecule has 0 bridgehead atoms. The molecule has 1 fully saturated rings. The molecule has 1 atom stereocenters. The van der Waals surface area contributed by atoms with Crippen molar-refractivity contribution in [1.29, 1.82) is 0 Å². The molecule has 0 amide bonds. The van der Waals surface area contributed by atoms with Crippen LogP contribution in [0.4, 0.5) is 5.69 Å². The van der Waals surface area contributed by atoms with Crippen LogP contribution in [0.2, 0.25) is 0 Å². The molecule has 2 aromatic rings. The molecule has 0 spiro atoms. The van der Waals surface area contributed by atoms with Crippen molar-refractivity contribution in [3.05, 3.63) is 52.2 Å². The first kappa shape index (κ1) is 14.4. The second-order valence-corrected chi connectivity index (χ2v) is 6.54. The molecule has 4 rings (SSSR count). The summed E-state index contributed by atoms with van der Waals surface area (Å²) in [5.41, 5.74) is 3.53. The molecule has 1 aliphatic heterocycles. The number of pyridine rings is 1. The molecule has 0 N–H and O–H groups in total. The van der Waals surface area contributed by atoms with E-state index in [2.05, 4.69) is 15.0 Å². The van der Waals surface area contributed by atoms with E-state index in [1.165, 1.54) is 18.5 Å². The summed E-state index contributed by atoms with van der Waals surface area (Å²) in [5.74, 6) is 0. The second-order valence-electron chi connectivity index (χ2n) is 6.54. The van der Waals surface area contributed by atoms with Gasteiger partial charge in [-0.15, -0.1) is 0 Å². The number of hydrogen-bond acceptors (Lipinski definition) is 4. The van der Waals surface area contributed by atoms with Crippen LogP contribution in [-0.4, -0.2) is 27.4 Å². The molecule has 120 valence electrons. The zero-order valence-electron chi connectivity index (χ0n) is 13.3. The zero-order valence-corrected chi connectivity index (χ0v) is 13.3. The molecule has 1 saturated heterocycles. The van der Waals surface area contributed by atoms with E-state index in [9.17, 15) is 4.79 Å². The van der Waals surface area contributed by atoms with Crippen LogP contribution < -0.4 is 10.5 Å². The lowest BCUT2D eigenvalue weighted by Gasteiger charge is -2.27. The summed E-state index contributed by atoms with van der Waals surface area (Å²) in [6.45, 7) is 1.71. The van der Waals surface area contributed by atoms with Gasteiger partial charge in [-0.05, 0) is 56.2 Å². The van der Waals surface area contributed by atoms with Gasteiger partial charge in [-0.3, -0.25) is 9.78 Å². The van der Waals surface area contributed by atoms with Gasteiger partial charge < -0.3 is 4.90 Å². The summed E-state index contributed by atoms with van der Waals surface area (Å²) < 4.78 is 1.69. The van der Waals surface area contributed by atoms with Crippen LogP contribution in [0, 0.1) is 0 Å². The smallest absolute Gasteiger partial charge is 0.267 e. The fraction of sp³-hybridized carbons (Fsp3) is 0.500. The molecule has 23 heavy (non-hydrogen) atoms. The van der Waals surface area contributed by atoms with Crippen molar-refractivity contribution < 1.29 is 0 Å². The first-order chi connectivity index (χ1) is 11.3. The molecule has 1 unspecified atom stereocenters. The SMILES string of the molecule is O=c1cc2c(nn1CC1CCCN1c1ccncc1)CCCC2. The van der Waals surface area contributed by atoms with Gasteiger partial charge >= 0.3 is 0 Å². The van der Waals surface area contributed by atoms with Gasteiger partial charge in [0.1, 0.15) is 0 Å². The van der Waals surface area contributed by atoms with Gasteiger partial charge in [-0.1, -0.05) is 0 Å². The van der Waals surface area contributed by atoms with Crippen molar-refractivity contribution in [2.24, 2.45) is 0 Å². The minimum Gasteiger partial charge on any atom is -0.367 e. The molecule has 0 radical (unpaired) electrons. The summed E-state index contributed by atoms with van der Waals surface area (Å²) in [5, 5.41) is 4.67. The Hall–Kier alpha value is -2.17. The number of hydrogen-bond donors (Lipinski definition) is 0. The highest BCUT2D eigenvalue weighted by molar-refractivity contribution is 5.46. The van der Waals surface area contributed by atoms with E-state index in [1.54, 1.807) is 4.68 Å². The number of rotatable bonds is 3. The summed E-state index contributed by atoms with van der Waals surface area (Å²) in [6, 6.07) is 6.24. The average molecular weight is 310 g/mol. The fourth-order valence-electron chi connectivity index (χ4n) is 3.83. The summed E-state index contributed by atoms with van der Waals surface area (Å²) >= 11 is 0. The Morgan fingerprint density at radius 3 is 2.83 bits per heavy atom. The Morgan fingerprint density at radius 1 is 1.13 bits per heavy atom. The number of nitrogens with zero attached hydrogens (tertiary/aromatic N) is 4. The molecule has 3 heterocycles. The number of aryl methyl sites for hydroxylation is 2. The van der Waals surface area contributed by atoms with Gasteiger partial charge in [-0.25, -0.2) is 4.68 Å². The standard InChI is InChI=1S/C18H22N4O/c23-18-12-14-4-1-2-6-17(14)20-22(18)13-16-5-3-11-21(16)15-7-9-19-10-8-15/h7-10,12,16H,1-6,11,13H2. The predicted octanol–water partition coefficient (Wildman–Crippen LogP) is 2.19. The van der Waals surface area contributed by atoms with E-state index in [-0.39, 0.29) is 5.56 Å². The van der Waals surface area contributed by atoms with Crippen LogP contribution >= 0.6 is 0 Å². The predicted molar refractivity (Wildman–Crippen MR) is 89.7 cm³/mol. The van der Waals surface area contributed by atoms with Crippen molar-refractivity contribution in [1.82, 2.24) is 14.8 Å². The topological polar surface area (TPSA) is 51.0 Å². The lowest BCUT2D eigenvalue weighted by Crippen LogP contribution is -2.37. The molecule has 1 aliphatic carbocycles. The van der Waals surface area contributed by atoms with Gasteiger partial charge in [-0.2, -0.15) is 5.10 Å². The number of anilines is 1. The van der Waals surface area contributed by atoms with Crippen molar-refractivity contribution >= 4 is 5.69 Å². The van der Waals surface area contributed by atoms with Crippen molar-refractivity contribution in [3.63, 3.8) is 0 Å². The lowest BCUT2D eigenvalue weighted by atomic mass is 9.97. The van der Waals surface area contributed by atoms with E-state index < -0.39 is 0 Å². The maximum absolute atomic E-state index is 12.4. The quantitative estimate of drug-likeness (QED) is 0.872. The molecule has 5 nitrogen and oxygen atoms in total. The highest BCUT2D eigenvalue weighted by Crippen LogP contribution is 2.25. The Bertz CT molecular complexity index is 740. The van der Waals surface area contributed by atoms with Crippen molar-refractivity contribution in [2.75, 3.05) is 11.4 Å². The van der Waals surface area contributed by atoms with Gasteiger partial charge in [0, 0.05) is 36.7 Å². The molecule has 2 aromatic heterocycles. The molecule has 5 heteroatoms. The maximum Gasteiger partial charge on any atom is 0.267 e. The van der Waals surface area contributed by atoms with Crippen LogP contribution in [0.5, 0.6) is 0 Å². The van der Waals surface area contributed by atoms with E-state index in [4.69, 9.17) is 0 Å². The summed E-state index contributed by atoms with van der Waals surface area (Å²) in [7, 11) is 0. The van der Waals surface area contributed by atoms with Gasteiger partial charge in [0.05, 0.1) is 12.2 Å². The number of fused-ring (bicyclic) bond motifs is 1. The Labute approximate surface area is 136 Å². The van der Waals surface area contributed by atoms with Gasteiger partial charge in [0.25, 0.3) is 5.56 Å². The number of aromatic nitrogens is 3. The maximum atomic E-state index is 12.4. The van der Waals surface area contributed by atoms with Crippen molar-refractivity contribution in [2.45, 2.75) is 51.1 Å². The third-order valence-electron chi connectivity index (χ3n) is 5.03. The molecule has 2 aliphatic rings. The summed E-state index contributed by atoms with van der Waals surface area (Å²) in [6.07, 6.45) is 10.3. The molecular formula is C18H22N4O. The minimum atomic E-state index is 0.0484. The van der Waals surface area contributed by atoms with Crippen LogP contribution in [0.15, 0.2) is 35.4 Å². The second kappa shape index (κ2) is 6.14. The Morgan fingerprint density at radius 2 is 1.96 bits per heavy atom. The van der Waals surface area contributed by atoms with Crippen molar-refractivity contribution in [3.8, 4) is 0 Å². The molecular weight excluding hydrogens is 288 g/mol. The van der Waals surface area contributed by atoms with Gasteiger partial charge in [0.15, 0.2) is 0 Å². The first-order valence-corrected chi connectivity index (χ1v) is 8.58. The third kappa shape index (κ3) is 2.87. The van der Waals surface area contributed by atoms with E-state index in [1.807, 2.05) is 30.6 Å². The molecule has 0 aromatic carbocycles. The van der Waals surface area contributed by atoms with Crippen LogP contribution in [-0.2, 0) is 19.4 Å². The van der Waals surface area contributed by atoms with E-state index in [0.717, 1.165) is 43.5 Å². The van der Waals surface area contributed by atoms with E-state index in [0.29, 0.717) is 12.6 Å².